The van der Waals surface area contributed by atoms with Gasteiger partial charge in [0.15, 0.2) is 0 Å². The average Bonchev–Trinajstić information content (AvgIpc) is 1.60. The number of hydrogen-bond acceptors (Lipinski definition) is 13. The molecule has 134 heavy (non-hydrogen) atoms. The molecule has 20 rings (SSSR count). The SMILES string of the molecule is COC(=O)[C@@]1(c2cccc(F)c2C)CCC(c2cc3c(cnn3C)cc2F)C1.COC(=O)[C@]1(c2cccc(F)c2C)C=C(c2cc3c(cnn3C)cc2F)CC1.Cc1c(F)cccc1[C@]1(C(=O)NO)CC[C@@H](c2cc3c(cnn3C)cc2F)C1.Cc1c(F)cccc1[C@]1(C(=O)O)CCC(c2cc3c(cnn3C)cc2F)C1.Cn1ncc2cc(F)c(Br)cc21.Fc1cc2cn[nH]c2cc1Br. The number of carbonyl (C=O) groups excluding carboxylic acids is 3. The van der Waals surface area contributed by atoms with E-state index in [1.165, 1.54) is 80.9 Å². The summed E-state index contributed by atoms with van der Waals surface area (Å²) < 4.78 is 161. The summed E-state index contributed by atoms with van der Waals surface area (Å²) in [5.74, 6) is -6.55. The summed E-state index contributed by atoms with van der Waals surface area (Å²) in [6.07, 6.45) is 16.1. The van der Waals surface area contributed by atoms with E-state index in [9.17, 15) is 73.4 Å². The molecule has 0 radical (unpaired) electrons. The molecule has 4 aliphatic carbocycles. The normalized spacial score (nSPS) is 19.6. The number of ether oxygens (including phenoxy) is 2. The molecule has 4 aliphatic rings. The molecule has 2 unspecified atom stereocenters. The average molecular weight is 1970 g/mol. The van der Waals surface area contributed by atoms with E-state index in [2.05, 4.69) is 67.6 Å². The second-order valence-electron chi connectivity index (χ2n) is 34.7. The molecule has 4 N–H and O–H groups in total. The zero-order valence-electron chi connectivity index (χ0n) is 74.7. The van der Waals surface area contributed by atoms with Gasteiger partial charge in [-0.25, -0.2) is 49.4 Å². The highest BCUT2D eigenvalue weighted by atomic mass is 79.9. The van der Waals surface area contributed by atoms with Crippen molar-refractivity contribution in [3.05, 3.63) is 323 Å². The summed E-state index contributed by atoms with van der Waals surface area (Å²) in [7, 11) is 11.7. The number of nitrogens with zero attached hydrogens (tertiary/aromatic N) is 11. The number of benzene rings is 10. The Balaban J connectivity index is 0.000000126. The first-order valence-electron chi connectivity index (χ1n) is 43.0. The van der Waals surface area contributed by atoms with Crippen molar-refractivity contribution in [3.63, 3.8) is 0 Å². The minimum atomic E-state index is -1.20. The topological polar surface area (TPSA) is 257 Å². The van der Waals surface area contributed by atoms with Crippen molar-refractivity contribution in [1.82, 2.24) is 64.6 Å². The number of aliphatic carboxylic acids is 1. The third-order valence-electron chi connectivity index (χ3n) is 27.3. The molecular formula is C101H93Br2F10N13O8. The zero-order chi connectivity index (χ0) is 96.1. The molecule has 0 aliphatic heterocycles. The smallest absolute Gasteiger partial charge is 0.320 e. The van der Waals surface area contributed by atoms with E-state index < -0.39 is 57.1 Å². The molecule has 33 heteroatoms. The van der Waals surface area contributed by atoms with Gasteiger partial charge in [0.05, 0.1) is 110 Å². The number of carboxylic acids is 1. The van der Waals surface area contributed by atoms with E-state index >= 15 is 0 Å². The number of aromatic nitrogens is 12. The van der Waals surface area contributed by atoms with Crippen LogP contribution >= 0.6 is 31.9 Å². The summed E-state index contributed by atoms with van der Waals surface area (Å²) >= 11 is 6.20. The van der Waals surface area contributed by atoms with Crippen LogP contribution in [-0.4, -0.2) is 107 Å². The Morgan fingerprint density at radius 2 is 0.754 bits per heavy atom. The van der Waals surface area contributed by atoms with Gasteiger partial charge in [-0.2, -0.15) is 30.6 Å². The lowest BCUT2D eigenvalue weighted by Crippen LogP contribution is -2.42. The largest absolute Gasteiger partial charge is 0.481 e. The molecule has 7 atom stereocenters. The number of aryl methyl sites for hydroxylation is 5. The maximum Gasteiger partial charge on any atom is 0.320 e. The molecular weight excluding hydrogens is 1870 g/mol. The molecule has 0 saturated heterocycles. The highest BCUT2D eigenvalue weighted by Gasteiger charge is 2.53. The number of carboxylic acid groups (broad SMARTS) is 1. The summed E-state index contributed by atoms with van der Waals surface area (Å²) in [4.78, 5) is 50.6. The Morgan fingerprint density at radius 1 is 0.410 bits per heavy atom. The Labute approximate surface area is 779 Å². The Bertz CT molecular complexity index is 7130. The fourth-order valence-electron chi connectivity index (χ4n) is 20.0. The van der Waals surface area contributed by atoms with E-state index in [0.29, 0.717) is 155 Å². The van der Waals surface area contributed by atoms with Gasteiger partial charge in [0.25, 0.3) is 5.91 Å². The second kappa shape index (κ2) is 38.4. The van der Waals surface area contributed by atoms with Gasteiger partial charge in [-0.3, -0.25) is 52.9 Å². The predicted molar refractivity (Wildman–Crippen MR) is 495 cm³/mol. The summed E-state index contributed by atoms with van der Waals surface area (Å²) in [5.41, 5.74) is 8.80. The number of fused-ring (bicyclic) bond motifs is 6. The lowest BCUT2D eigenvalue weighted by molar-refractivity contribution is -0.147. The lowest BCUT2D eigenvalue weighted by Gasteiger charge is -2.29. The third kappa shape index (κ3) is 17.9. The molecule has 0 spiro atoms. The van der Waals surface area contributed by atoms with E-state index in [1.807, 2.05) is 20.2 Å². The number of carbonyl (C=O) groups is 4. The molecule has 3 saturated carbocycles. The maximum atomic E-state index is 14.8. The van der Waals surface area contributed by atoms with Gasteiger partial charge in [0.2, 0.25) is 0 Å². The molecule has 6 heterocycles. The number of esters is 2. The van der Waals surface area contributed by atoms with Crippen LogP contribution in [0.1, 0.15) is 155 Å². The number of rotatable bonds is 12. The van der Waals surface area contributed by atoms with Gasteiger partial charge in [0.1, 0.15) is 63.6 Å². The van der Waals surface area contributed by atoms with Gasteiger partial charge >= 0.3 is 17.9 Å². The third-order valence-corrected chi connectivity index (χ3v) is 28.5. The minimum Gasteiger partial charge on any atom is -0.481 e. The first-order chi connectivity index (χ1) is 63.9. The van der Waals surface area contributed by atoms with Crippen LogP contribution in [0.25, 0.3) is 71.0 Å². The number of halogens is 12. The number of hydrogen-bond donors (Lipinski definition) is 4. The van der Waals surface area contributed by atoms with Crippen molar-refractivity contribution >= 4 is 127 Å². The summed E-state index contributed by atoms with van der Waals surface area (Å²) in [5, 5.41) is 51.0. The van der Waals surface area contributed by atoms with Crippen molar-refractivity contribution in [2.45, 2.75) is 138 Å². The Hall–Kier alpha value is -13.1. The second-order valence-corrected chi connectivity index (χ2v) is 36.4. The monoisotopic (exact) mass is 1960 g/mol. The molecule has 694 valence electrons. The van der Waals surface area contributed by atoms with Gasteiger partial charge < -0.3 is 14.6 Å². The van der Waals surface area contributed by atoms with Crippen LogP contribution < -0.4 is 5.48 Å². The van der Waals surface area contributed by atoms with Crippen molar-refractivity contribution in [2.24, 2.45) is 35.2 Å². The number of amides is 1. The lowest BCUT2D eigenvalue weighted by atomic mass is 9.75. The zero-order valence-corrected chi connectivity index (χ0v) is 77.9. The van der Waals surface area contributed by atoms with Gasteiger partial charge in [-0.1, -0.05) is 54.6 Å². The van der Waals surface area contributed by atoms with Crippen LogP contribution in [0.15, 0.2) is 198 Å². The van der Waals surface area contributed by atoms with Crippen LogP contribution in [0.5, 0.6) is 0 Å². The quantitative estimate of drug-likeness (QED) is 0.0384. The number of aromatic amines is 1. The number of nitrogens with one attached hydrogen (secondary N) is 2. The highest BCUT2D eigenvalue weighted by Crippen LogP contribution is 2.55. The summed E-state index contributed by atoms with van der Waals surface area (Å²) in [6, 6.07) is 37.8. The fourth-order valence-corrected chi connectivity index (χ4v) is 20.7. The Kier molecular flexibility index (Phi) is 27.4. The molecule has 6 aromatic heterocycles. The van der Waals surface area contributed by atoms with Crippen LogP contribution in [0.4, 0.5) is 43.9 Å². The van der Waals surface area contributed by atoms with E-state index in [4.69, 9.17) is 9.47 Å². The van der Waals surface area contributed by atoms with Gasteiger partial charge in [-0.15, -0.1) is 0 Å². The fraction of sp³-hybridized carbons (Fsp3) is 0.287. The standard InChI is InChI=1S/C22H22F2N2O2.C22H20F2N2O2.C21H21F2N3O2.C21H20F2N2O2.C8H6BrFN2.C7H4BrFN2/c2*1-13-17(5-4-6-18(13)23)22(21(27)28-3)8-7-14(11-22)16-10-20-15(9-19(16)24)12-25-26(20)2;1-12-16(4-3-5-17(12)22)21(20(27)25-28)7-6-13(10-21)15-9-19-14(8-18(15)23)11-24-26(19)2;1-12-16(4-3-5-17(12)22)21(20(26)27)7-6-13(10-21)15-9-19-14(8-18(15)23)11-24-25(19)2;1-12-8-3-6(9)7(10)2-5(8)4-11-12;8-5-2-7-4(1-6(5)9)3-10-11-7/h4-6,9-10,12,14H,7-8,11H2,1-3H3;4-6,9-12H,7-8H2,1-3H3;3-5,8-9,11,13,28H,6-7,10H2,1-2H3,(H,25,27);3-5,8-9,11,13H,6-7,10H2,1-2H3,(H,26,27);2-4H,1H3;1-3H,(H,10,11)/t14?,22-;22-;13-,21+;13?,21-;;/m0010../s1. The van der Waals surface area contributed by atoms with Gasteiger partial charge in [-0.05, 0) is 312 Å². The highest BCUT2D eigenvalue weighted by molar-refractivity contribution is 9.10. The molecule has 16 aromatic rings. The van der Waals surface area contributed by atoms with Crippen molar-refractivity contribution < 1.29 is 82.9 Å². The minimum absolute atomic E-state index is 0.166. The van der Waals surface area contributed by atoms with Crippen molar-refractivity contribution in [1.29, 1.82) is 0 Å². The van der Waals surface area contributed by atoms with Gasteiger partial charge in [0, 0.05) is 73.1 Å². The van der Waals surface area contributed by atoms with Crippen molar-refractivity contribution in [2.75, 3.05) is 14.2 Å². The van der Waals surface area contributed by atoms with Crippen molar-refractivity contribution in [3.8, 4) is 0 Å². The first kappa shape index (κ1) is 95.5. The van der Waals surface area contributed by atoms with Crippen LogP contribution in [0.2, 0.25) is 0 Å². The van der Waals surface area contributed by atoms with E-state index in [0.717, 1.165) is 49.3 Å². The molecule has 1 amide bonds. The maximum absolute atomic E-state index is 14.8. The number of methoxy groups -OCH3 is 2. The number of hydroxylamine groups is 1. The van der Waals surface area contributed by atoms with Crippen LogP contribution in [-0.2, 0) is 85.6 Å². The number of H-pyrrole nitrogens is 1. The van der Waals surface area contributed by atoms with E-state index in [-0.39, 0.29) is 77.1 Å². The molecule has 3 fully saturated rings. The molecule has 10 aromatic carbocycles. The molecule has 0 bridgehead atoms. The number of allylic oxidation sites excluding steroid dienone is 1. The summed E-state index contributed by atoms with van der Waals surface area (Å²) in [6.45, 7) is 6.53. The van der Waals surface area contributed by atoms with E-state index in [1.54, 1.807) is 194 Å². The molecule has 21 nitrogen and oxygen atoms in total. The van der Waals surface area contributed by atoms with Crippen LogP contribution in [0.3, 0.4) is 0 Å². The predicted octanol–water partition coefficient (Wildman–Crippen LogP) is 22.2. The van der Waals surface area contributed by atoms with Crippen LogP contribution in [0, 0.1) is 85.9 Å². The first-order valence-corrected chi connectivity index (χ1v) is 44.6. The Morgan fingerprint density at radius 3 is 1.18 bits per heavy atom.